The van der Waals surface area contributed by atoms with Gasteiger partial charge in [-0.25, -0.2) is 9.97 Å². The molecule has 3 nitrogen and oxygen atoms in total. The number of halogens is 1. The maximum absolute atomic E-state index is 6.16. The summed E-state index contributed by atoms with van der Waals surface area (Å²) >= 11 is 6.16. The molecule has 1 aromatic rings. The fourth-order valence-electron chi connectivity index (χ4n) is 1.63. The van der Waals surface area contributed by atoms with Crippen molar-refractivity contribution in [3.63, 3.8) is 0 Å². The van der Waals surface area contributed by atoms with Gasteiger partial charge in [-0.15, -0.1) is 0 Å². The fourth-order valence-corrected chi connectivity index (χ4v) is 1.80. The van der Waals surface area contributed by atoms with Crippen LogP contribution >= 0.6 is 11.6 Å². The molecule has 0 aliphatic carbocycles. The Morgan fingerprint density at radius 1 is 1.29 bits per heavy atom. The molecule has 0 saturated heterocycles. The third-order valence-electron chi connectivity index (χ3n) is 2.80. The van der Waals surface area contributed by atoms with Gasteiger partial charge >= 0.3 is 0 Å². The molecule has 1 rings (SSSR count). The lowest BCUT2D eigenvalue weighted by Crippen LogP contribution is -2.22. The highest BCUT2D eigenvalue weighted by Gasteiger charge is 2.14. The first-order valence-corrected chi connectivity index (χ1v) is 6.60. The summed E-state index contributed by atoms with van der Waals surface area (Å²) in [4.78, 5) is 11.1. The summed E-state index contributed by atoms with van der Waals surface area (Å²) in [5.74, 6) is 2.08. The first-order valence-electron chi connectivity index (χ1n) is 6.22. The van der Waals surface area contributed by atoms with E-state index < -0.39 is 0 Å². The molecule has 0 N–H and O–H groups in total. The van der Waals surface area contributed by atoms with Crippen LogP contribution in [0.25, 0.3) is 0 Å². The Bertz CT molecular complexity index is 377. The van der Waals surface area contributed by atoms with E-state index in [-0.39, 0.29) is 0 Å². The zero-order chi connectivity index (χ0) is 13.0. The number of hydrogen-bond donors (Lipinski definition) is 0. The molecule has 1 aromatic heterocycles. The number of anilines is 1. The van der Waals surface area contributed by atoms with Crippen LogP contribution in [0.3, 0.4) is 0 Å². The molecule has 0 atom stereocenters. The third kappa shape index (κ3) is 3.56. The van der Waals surface area contributed by atoms with E-state index in [0.717, 1.165) is 30.2 Å². The van der Waals surface area contributed by atoms with Gasteiger partial charge in [-0.05, 0) is 13.3 Å². The molecule has 0 saturated carbocycles. The second kappa shape index (κ2) is 6.20. The van der Waals surface area contributed by atoms with E-state index in [0.29, 0.717) is 11.1 Å². The Morgan fingerprint density at radius 2 is 1.94 bits per heavy atom. The molecule has 0 unspecified atom stereocenters. The van der Waals surface area contributed by atoms with Crippen molar-refractivity contribution in [3.05, 3.63) is 16.5 Å². The minimum absolute atomic E-state index is 0.298. The van der Waals surface area contributed by atoms with Gasteiger partial charge in [-0.2, -0.15) is 0 Å². The Kier molecular flexibility index (Phi) is 5.19. The summed E-state index contributed by atoms with van der Waals surface area (Å²) in [6.07, 6.45) is 2.34. The van der Waals surface area contributed by atoms with Crippen molar-refractivity contribution in [1.29, 1.82) is 0 Å². The van der Waals surface area contributed by atoms with Crippen molar-refractivity contribution in [3.8, 4) is 0 Å². The van der Waals surface area contributed by atoms with Crippen LogP contribution in [0.1, 0.15) is 50.9 Å². The molecule has 0 fully saturated rings. The van der Waals surface area contributed by atoms with Gasteiger partial charge in [0, 0.05) is 25.1 Å². The van der Waals surface area contributed by atoms with Gasteiger partial charge in [-0.3, -0.25) is 0 Å². The maximum atomic E-state index is 6.16. The van der Waals surface area contributed by atoms with E-state index in [2.05, 4.69) is 42.7 Å². The number of nitrogens with zero attached hydrogens (tertiary/aromatic N) is 3. The summed E-state index contributed by atoms with van der Waals surface area (Å²) in [5, 5.41) is 0.571. The normalized spacial score (nSPS) is 11.0. The van der Waals surface area contributed by atoms with Gasteiger partial charge in [-0.1, -0.05) is 38.8 Å². The topological polar surface area (TPSA) is 29.0 Å². The van der Waals surface area contributed by atoms with Gasteiger partial charge in [0.15, 0.2) is 0 Å². The van der Waals surface area contributed by atoms with E-state index in [4.69, 9.17) is 11.6 Å². The standard InChI is InChI=1S/C13H22ClN3/c1-6-7-8-17(5)13-10(4)11(14)15-12(16-13)9(2)3/h9H,6-8H2,1-5H3. The van der Waals surface area contributed by atoms with Crippen molar-refractivity contribution in [1.82, 2.24) is 9.97 Å². The summed E-state index contributed by atoms with van der Waals surface area (Å²) < 4.78 is 0. The maximum Gasteiger partial charge on any atom is 0.137 e. The number of rotatable bonds is 5. The second-order valence-electron chi connectivity index (χ2n) is 4.75. The molecule has 17 heavy (non-hydrogen) atoms. The zero-order valence-corrected chi connectivity index (χ0v) is 12.2. The molecule has 0 radical (unpaired) electrons. The van der Waals surface area contributed by atoms with Crippen molar-refractivity contribution >= 4 is 17.4 Å². The highest BCUT2D eigenvalue weighted by Crippen LogP contribution is 2.25. The van der Waals surface area contributed by atoms with Gasteiger partial charge in [0.25, 0.3) is 0 Å². The molecule has 0 aliphatic rings. The molecule has 0 amide bonds. The van der Waals surface area contributed by atoms with Crippen molar-refractivity contribution in [2.45, 2.75) is 46.5 Å². The summed E-state index contributed by atoms with van der Waals surface area (Å²) in [5.41, 5.74) is 0.967. The van der Waals surface area contributed by atoms with E-state index in [1.54, 1.807) is 0 Å². The highest BCUT2D eigenvalue weighted by atomic mass is 35.5. The van der Waals surface area contributed by atoms with Crippen LogP contribution in [0.4, 0.5) is 5.82 Å². The monoisotopic (exact) mass is 255 g/mol. The van der Waals surface area contributed by atoms with Crippen LogP contribution in [-0.2, 0) is 0 Å². The predicted octanol–water partition coefficient (Wildman–Crippen LogP) is 3.80. The summed E-state index contributed by atoms with van der Waals surface area (Å²) in [7, 11) is 2.06. The van der Waals surface area contributed by atoms with Crippen LogP contribution in [0.15, 0.2) is 0 Å². The lowest BCUT2D eigenvalue weighted by molar-refractivity contribution is 0.732. The van der Waals surface area contributed by atoms with Crippen LogP contribution in [0.2, 0.25) is 5.15 Å². The van der Waals surface area contributed by atoms with Crippen molar-refractivity contribution in [2.75, 3.05) is 18.5 Å². The number of hydrogen-bond acceptors (Lipinski definition) is 3. The fraction of sp³-hybridized carbons (Fsp3) is 0.692. The summed E-state index contributed by atoms with van der Waals surface area (Å²) in [6, 6.07) is 0. The number of unbranched alkanes of at least 4 members (excludes halogenated alkanes) is 1. The van der Waals surface area contributed by atoms with Gasteiger partial charge in [0.2, 0.25) is 0 Å². The largest absolute Gasteiger partial charge is 0.359 e. The average molecular weight is 256 g/mol. The Morgan fingerprint density at radius 3 is 2.47 bits per heavy atom. The van der Waals surface area contributed by atoms with Gasteiger partial charge in [0.05, 0.1) is 0 Å². The highest BCUT2D eigenvalue weighted by molar-refractivity contribution is 6.30. The molecular weight excluding hydrogens is 234 g/mol. The molecule has 96 valence electrons. The minimum atomic E-state index is 0.298. The zero-order valence-electron chi connectivity index (χ0n) is 11.4. The van der Waals surface area contributed by atoms with Crippen molar-refractivity contribution in [2.24, 2.45) is 0 Å². The van der Waals surface area contributed by atoms with Gasteiger partial charge in [0.1, 0.15) is 16.8 Å². The molecule has 4 heteroatoms. The molecule has 0 aromatic carbocycles. The van der Waals surface area contributed by atoms with E-state index in [1.807, 2.05) is 6.92 Å². The third-order valence-corrected chi connectivity index (χ3v) is 3.17. The van der Waals surface area contributed by atoms with Crippen LogP contribution in [0.5, 0.6) is 0 Å². The summed E-state index contributed by atoms with van der Waals surface area (Å²) in [6.45, 7) is 9.33. The van der Waals surface area contributed by atoms with E-state index in [9.17, 15) is 0 Å². The van der Waals surface area contributed by atoms with E-state index in [1.165, 1.54) is 6.42 Å². The van der Waals surface area contributed by atoms with E-state index >= 15 is 0 Å². The van der Waals surface area contributed by atoms with Crippen LogP contribution < -0.4 is 4.90 Å². The van der Waals surface area contributed by atoms with Crippen molar-refractivity contribution < 1.29 is 0 Å². The minimum Gasteiger partial charge on any atom is -0.359 e. The quantitative estimate of drug-likeness (QED) is 0.750. The predicted molar refractivity (Wildman–Crippen MR) is 74.0 cm³/mol. The van der Waals surface area contributed by atoms with Gasteiger partial charge < -0.3 is 4.90 Å². The molecular formula is C13H22ClN3. The molecule has 1 heterocycles. The Balaban J connectivity index is 3.04. The van der Waals surface area contributed by atoms with Crippen LogP contribution in [-0.4, -0.2) is 23.6 Å². The van der Waals surface area contributed by atoms with Crippen LogP contribution in [0, 0.1) is 6.92 Å². The first-order chi connectivity index (χ1) is 7.97. The smallest absolute Gasteiger partial charge is 0.137 e. The molecule has 0 bridgehead atoms. The molecule has 0 spiro atoms. The Hall–Kier alpha value is -0.830. The Labute approximate surface area is 109 Å². The SMILES string of the molecule is CCCCN(C)c1nc(C(C)C)nc(Cl)c1C. The number of aromatic nitrogens is 2. The average Bonchev–Trinajstić information content (AvgIpc) is 2.29. The second-order valence-corrected chi connectivity index (χ2v) is 5.11. The molecule has 0 aliphatic heterocycles. The lowest BCUT2D eigenvalue weighted by Gasteiger charge is -2.21. The first kappa shape index (κ1) is 14.2. The lowest BCUT2D eigenvalue weighted by atomic mass is 10.2.